The maximum Gasteiger partial charge on any atom is 0.108 e. The molecule has 1 aromatic heterocycles. The molecule has 0 bridgehead atoms. The summed E-state index contributed by atoms with van der Waals surface area (Å²) in [6.07, 6.45) is 4.81. The van der Waals surface area contributed by atoms with Crippen LogP contribution in [0.15, 0.2) is 16.7 Å². The van der Waals surface area contributed by atoms with E-state index < -0.39 is 0 Å². The number of nitrogens with one attached hydrogen (secondary N) is 1. The zero-order chi connectivity index (χ0) is 13.6. The number of furan rings is 1. The smallest absolute Gasteiger partial charge is 0.108 e. The van der Waals surface area contributed by atoms with Crippen molar-refractivity contribution in [3.63, 3.8) is 0 Å². The second kappa shape index (κ2) is 6.95. The number of hydrogen-bond acceptors (Lipinski definition) is 3. The van der Waals surface area contributed by atoms with E-state index in [4.69, 9.17) is 9.15 Å². The largest absolute Gasteiger partial charge is 0.469 e. The summed E-state index contributed by atoms with van der Waals surface area (Å²) in [5, 5.41) is 3.54. The predicted octanol–water partition coefficient (Wildman–Crippen LogP) is 3.70. The Bertz CT molecular complexity index is 344. The highest BCUT2D eigenvalue weighted by atomic mass is 16.5. The molecule has 0 spiro atoms. The van der Waals surface area contributed by atoms with E-state index in [9.17, 15) is 0 Å². The summed E-state index contributed by atoms with van der Waals surface area (Å²) in [7, 11) is 1.78. The molecule has 0 saturated carbocycles. The molecule has 0 amide bonds. The third-order valence-electron chi connectivity index (χ3n) is 3.51. The fourth-order valence-electron chi connectivity index (χ4n) is 2.16. The monoisotopic (exact) mass is 253 g/mol. The van der Waals surface area contributed by atoms with Gasteiger partial charge in [0, 0.05) is 25.1 Å². The van der Waals surface area contributed by atoms with Crippen LogP contribution in [-0.2, 0) is 11.2 Å². The first kappa shape index (κ1) is 15.3. The minimum atomic E-state index is -0.0657. The Hall–Kier alpha value is -0.800. The van der Waals surface area contributed by atoms with Gasteiger partial charge >= 0.3 is 0 Å². The molecular weight excluding hydrogens is 226 g/mol. The van der Waals surface area contributed by atoms with Crippen molar-refractivity contribution in [2.24, 2.45) is 0 Å². The van der Waals surface area contributed by atoms with Crippen molar-refractivity contribution >= 4 is 0 Å². The van der Waals surface area contributed by atoms with E-state index in [1.807, 2.05) is 0 Å². The van der Waals surface area contributed by atoms with Crippen molar-refractivity contribution in [3.05, 3.63) is 23.7 Å². The number of rotatable bonds is 8. The molecule has 0 aliphatic carbocycles. The van der Waals surface area contributed by atoms with Gasteiger partial charge in [-0.25, -0.2) is 0 Å². The van der Waals surface area contributed by atoms with E-state index >= 15 is 0 Å². The normalized spacial score (nSPS) is 13.8. The molecule has 1 aromatic rings. The van der Waals surface area contributed by atoms with Gasteiger partial charge in [0.2, 0.25) is 0 Å². The molecule has 0 aliphatic heterocycles. The van der Waals surface area contributed by atoms with Gasteiger partial charge in [-0.2, -0.15) is 0 Å². The van der Waals surface area contributed by atoms with Crippen LogP contribution in [0.25, 0.3) is 0 Å². The van der Waals surface area contributed by atoms with Crippen LogP contribution >= 0.6 is 0 Å². The Morgan fingerprint density at radius 2 is 2.11 bits per heavy atom. The van der Waals surface area contributed by atoms with Crippen molar-refractivity contribution < 1.29 is 9.15 Å². The number of ether oxygens (including phenoxy) is 1. The first-order chi connectivity index (χ1) is 8.54. The summed E-state index contributed by atoms with van der Waals surface area (Å²) in [6, 6.07) is 2.45. The molecule has 3 heteroatoms. The molecule has 1 heterocycles. The Morgan fingerprint density at radius 3 is 2.67 bits per heavy atom. The average Bonchev–Trinajstić information content (AvgIpc) is 2.82. The highest BCUT2D eigenvalue weighted by Gasteiger charge is 2.22. The number of methoxy groups -OCH3 is 1. The lowest BCUT2D eigenvalue weighted by molar-refractivity contribution is 0.0116. The van der Waals surface area contributed by atoms with E-state index in [-0.39, 0.29) is 5.60 Å². The lowest BCUT2D eigenvalue weighted by atomic mass is 9.94. The summed E-state index contributed by atoms with van der Waals surface area (Å²) >= 11 is 0. The van der Waals surface area contributed by atoms with Crippen LogP contribution in [0.4, 0.5) is 0 Å². The Morgan fingerprint density at radius 1 is 1.39 bits per heavy atom. The van der Waals surface area contributed by atoms with E-state index in [0.717, 1.165) is 31.6 Å². The van der Waals surface area contributed by atoms with Crippen LogP contribution in [0, 0.1) is 0 Å². The van der Waals surface area contributed by atoms with Gasteiger partial charge in [0.1, 0.15) is 5.76 Å². The molecule has 1 rings (SSSR count). The zero-order valence-corrected chi connectivity index (χ0v) is 12.4. The van der Waals surface area contributed by atoms with Crippen LogP contribution in [0.2, 0.25) is 0 Å². The maximum absolute atomic E-state index is 5.53. The Balaban J connectivity index is 2.71. The molecule has 3 nitrogen and oxygen atoms in total. The summed E-state index contributed by atoms with van der Waals surface area (Å²) in [5.74, 6) is 1.09. The first-order valence-corrected chi connectivity index (χ1v) is 6.88. The Labute approximate surface area is 111 Å². The SMILES string of the molecule is CCNC(CCC(C)(C)OC)c1ccoc1CC. The molecule has 1 unspecified atom stereocenters. The lowest BCUT2D eigenvalue weighted by Crippen LogP contribution is -2.27. The van der Waals surface area contributed by atoms with Crippen LogP contribution in [-0.4, -0.2) is 19.3 Å². The summed E-state index contributed by atoms with van der Waals surface area (Å²) < 4.78 is 11.0. The molecular formula is C15H27NO2. The fourth-order valence-corrected chi connectivity index (χ4v) is 2.16. The summed E-state index contributed by atoms with van der Waals surface area (Å²) in [5.41, 5.74) is 1.23. The third-order valence-corrected chi connectivity index (χ3v) is 3.51. The lowest BCUT2D eigenvalue weighted by Gasteiger charge is -2.26. The maximum atomic E-state index is 5.53. The quantitative estimate of drug-likeness (QED) is 0.767. The summed E-state index contributed by atoms with van der Waals surface area (Å²) in [6.45, 7) is 9.50. The van der Waals surface area contributed by atoms with Gasteiger partial charge in [0.05, 0.1) is 11.9 Å². The van der Waals surface area contributed by atoms with Crippen LogP contribution < -0.4 is 5.32 Å². The molecule has 1 atom stereocenters. The van der Waals surface area contributed by atoms with E-state index in [2.05, 4.69) is 39.1 Å². The molecule has 0 fully saturated rings. The van der Waals surface area contributed by atoms with E-state index in [1.165, 1.54) is 5.56 Å². The minimum absolute atomic E-state index is 0.0657. The first-order valence-electron chi connectivity index (χ1n) is 6.88. The van der Waals surface area contributed by atoms with Gasteiger partial charge in [-0.05, 0) is 39.3 Å². The molecule has 104 valence electrons. The van der Waals surface area contributed by atoms with Crippen molar-refractivity contribution in [1.82, 2.24) is 5.32 Å². The van der Waals surface area contributed by atoms with Gasteiger partial charge in [-0.1, -0.05) is 13.8 Å². The minimum Gasteiger partial charge on any atom is -0.469 e. The number of hydrogen-bond donors (Lipinski definition) is 1. The standard InChI is InChI=1S/C15H27NO2/c1-6-14-12(9-11-18-14)13(16-7-2)8-10-15(3,4)17-5/h9,11,13,16H,6-8,10H2,1-5H3. The zero-order valence-electron chi connectivity index (χ0n) is 12.4. The molecule has 0 aromatic carbocycles. The van der Waals surface area contributed by atoms with Crippen LogP contribution in [0.5, 0.6) is 0 Å². The summed E-state index contributed by atoms with van der Waals surface area (Å²) in [4.78, 5) is 0. The highest BCUT2D eigenvalue weighted by Crippen LogP contribution is 2.27. The third kappa shape index (κ3) is 4.14. The van der Waals surface area contributed by atoms with E-state index in [1.54, 1.807) is 13.4 Å². The molecule has 1 N–H and O–H groups in total. The van der Waals surface area contributed by atoms with Crippen molar-refractivity contribution in [2.45, 2.75) is 58.6 Å². The van der Waals surface area contributed by atoms with E-state index in [0.29, 0.717) is 6.04 Å². The predicted molar refractivity (Wildman–Crippen MR) is 74.8 cm³/mol. The topological polar surface area (TPSA) is 34.4 Å². The van der Waals surface area contributed by atoms with Gasteiger partial charge in [0.25, 0.3) is 0 Å². The molecule has 0 saturated heterocycles. The van der Waals surface area contributed by atoms with Gasteiger partial charge < -0.3 is 14.5 Å². The van der Waals surface area contributed by atoms with Gasteiger partial charge in [0.15, 0.2) is 0 Å². The molecule has 0 radical (unpaired) electrons. The van der Waals surface area contributed by atoms with Crippen molar-refractivity contribution in [3.8, 4) is 0 Å². The van der Waals surface area contributed by atoms with Gasteiger partial charge in [-0.15, -0.1) is 0 Å². The van der Waals surface area contributed by atoms with Crippen LogP contribution in [0.3, 0.4) is 0 Å². The highest BCUT2D eigenvalue weighted by molar-refractivity contribution is 5.21. The van der Waals surface area contributed by atoms with Crippen LogP contribution in [0.1, 0.15) is 57.9 Å². The fraction of sp³-hybridized carbons (Fsp3) is 0.733. The average molecular weight is 253 g/mol. The Kier molecular flexibility index (Phi) is 5.89. The van der Waals surface area contributed by atoms with Crippen molar-refractivity contribution in [1.29, 1.82) is 0 Å². The second-order valence-electron chi connectivity index (χ2n) is 5.27. The number of aryl methyl sites for hydroxylation is 1. The van der Waals surface area contributed by atoms with Crippen molar-refractivity contribution in [2.75, 3.05) is 13.7 Å². The molecule has 0 aliphatic rings. The molecule has 18 heavy (non-hydrogen) atoms. The second-order valence-corrected chi connectivity index (χ2v) is 5.27. The van der Waals surface area contributed by atoms with Gasteiger partial charge in [-0.3, -0.25) is 0 Å².